The summed E-state index contributed by atoms with van der Waals surface area (Å²) in [5.74, 6) is -0.0474. The van der Waals surface area contributed by atoms with Crippen molar-refractivity contribution in [3.63, 3.8) is 0 Å². The first-order chi connectivity index (χ1) is 18.4. The van der Waals surface area contributed by atoms with Gasteiger partial charge in [0, 0.05) is 11.3 Å². The molecule has 1 fully saturated rings. The van der Waals surface area contributed by atoms with Crippen molar-refractivity contribution in [2.75, 3.05) is 25.2 Å². The molecule has 0 aromatic heterocycles. The third-order valence-corrected chi connectivity index (χ3v) is 6.47. The van der Waals surface area contributed by atoms with E-state index in [4.69, 9.17) is 14.2 Å². The van der Waals surface area contributed by atoms with Crippen molar-refractivity contribution in [3.05, 3.63) is 89.0 Å². The van der Waals surface area contributed by atoms with E-state index in [9.17, 15) is 14.7 Å². The van der Waals surface area contributed by atoms with Gasteiger partial charge in [-0.2, -0.15) is 0 Å². The second-order valence-corrected chi connectivity index (χ2v) is 8.91. The maximum absolute atomic E-state index is 13.5. The van der Waals surface area contributed by atoms with Gasteiger partial charge in [0.25, 0.3) is 11.7 Å². The van der Waals surface area contributed by atoms with Crippen LogP contribution in [0.2, 0.25) is 0 Å². The number of aliphatic hydroxyl groups excluding tert-OH is 1. The average molecular weight is 516 g/mol. The van der Waals surface area contributed by atoms with Crippen LogP contribution >= 0.6 is 0 Å². The van der Waals surface area contributed by atoms with Gasteiger partial charge in [0.15, 0.2) is 11.5 Å². The van der Waals surface area contributed by atoms with Gasteiger partial charge in [0.05, 0.1) is 31.9 Å². The lowest BCUT2D eigenvalue weighted by Crippen LogP contribution is -2.29. The minimum absolute atomic E-state index is 0.00408. The second-order valence-electron chi connectivity index (χ2n) is 8.91. The summed E-state index contributed by atoms with van der Waals surface area (Å²) in [5.41, 5.74) is 2.69. The number of anilines is 1. The number of aryl methyl sites for hydroxylation is 1. The summed E-state index contributed by atoms with van der Waals surface area (Å²) >= 11 is 0. The van der Waals surface area contributed by atoms with Crippen LogP contribution in [0.5, 0.6) is 17.2 Å². The van der Waals surface area contributed by atoms with Gasteiger partial charge in [-0.15, -0.1) is 0 Å². The van der Waals surface area contributed by atoms with Crippen molar-refractivity contribution in [1.82, 2.24) is 0 Å². The van der Waals surface area contributed by atoms with E-state index in [1.165, 1.54) is 4.90 Å². The molecule has 1 aliphatic rings. The number of Topliss-reactive ketones (excluding diaryl/α,β-unsaturated/α-hetero) is 1. The molecule has 3 aromatic rings. The molecule has 1 N–H and O–H groups in total. The fourth-order valence-electron chi connectivity index (χ4n) is 4.52. The number of hydrogen-bond donors (Lipinski definition) is 1. The molecule has 7 nitrogen and oxygen atoms in total. The number of carbonyl (C=O) groups is 2. The first-order valence-electron chi connectivity index (χ1n) is 12.9. The predicted molar refractivity (Wildman–Crippen MR) is 147 cm³/mol. The summed E-state index contributed by atoms with van der Waals surface area (Å²) in [6.07, 6.45) is 1.71. The zero-order valence-corrected chi connectivity index (χ0v) is 22.2. The molecule has 1 aliphatic heterocycles. The van der Waals surface area contributed by atoms with Crippen molar-refractivity contribution in [2.24, 2.45) is 0 Å². The number of amides is 1. The lowest BCUT2D eigenvalue weighted by Gasteiger charge is -2.26. The van der Waals surface area contributed by atoms with Crippen LogP contribution in [0.15, 0.2) is 72.3 Å². The molecule has 1 saturated heterocycles. The number of methoxy groups -OCH3 is 1. The lowest BCUT2D eigenvalue weighted by molar-refractivity contribution is -0.132. The molecule has 1 atom stereocenters. The third-order valence-electron chi connectivity index (χ3n) is 6.47. The number of nitrogens with zero attached hydrogens (tertiary/aromatic N) is 1. The zero-order chi connectivity index (χ0) is 27.2. The van der Waals surface area contributed by atoms with Crippen molar-refractivity contribution in [3.8, 4) is 17.2 Å². The Balaban J connectivity index is 1.88. The summed E-state index contributed by atoms with van der Waals surface area (Å²) in [6, 6.07) is 18.7. The number of ketones is 1. The Kier molecular flexibility index (Phi) is 8.36. The average Bonchev–Trinajstić information content (AvgIpc) is 3.22. The fourth-order valence-corrected chi connectivity index (χ4v) is 4.52. The van der Waals surface area contributed by atoms with Crippen molar-refractivity contribution < 1.29 is 28.9 Å². The van der Waals surface area contributed by atoms with Gasteiger partial charge in [-0.05, 0) is 79.4 Å². The van der Waals surface area contributed by atoms with E-state index in [1.54, 1.807) is 49.6 Å². The number of ether oxygens (including phenoxy) is 3. The highest BCUT2D eigenvalue weighted by Crippen LogP contribution is 2.44. The third kappa shape index (κ3) is 5.23. The Morgan fingerprint density at radius 2 is 1.61 bits per heavy atom. The Morgan fingerprint density at radius 3 is 2.21 bits per heavy atom. The maximum Gasteiger partial charge on any atom is 0.300 e. The highest BCUT2D eigenvalue weighted by molar-refractivity contribution is 6.51. The van der Waals surface area contributed by atoms with E-state index in [0.717, 1.165) is 18.4 Å². The topological polar surface area (TPSA) is 85.3 Å². The van der Waals surface area contributed by atoms with Gasteiger partial charge in [-0.25, -0.2) is 0 Å². The van der Waals surface area contributed by atoms with Crippen LogP contribution in [0.1, 0.15) is 49.9 Å². The summed E-state index contributed by atoms with van der Waals surface area (Å²) < 4.78 is 16.8. The highest BCUT2D eigenvalue weighted by atomic mass is 16.5. The van der Waals surface area contributed by atoms with Crippen LogP contribution in [0.3, 0.4) is 0 Å². The minimum Gasteiger partial charge on any atom is -0.507 e. The van der Waals surface area contributed by atoms with Gasteiger partial charge in [0.1, 0.15) is 11.5 Å². The van der Waals surface area contributed by atoms with Gasteiger partial charge in [-0.3, -0.25) is 14.5 Å². The van der Waals surface area contributed by atoms with Crippen LogP contribution in [0.4, 0.5) is 5.69 Å². The molecule has 3 aromatic carbocycles. The van der Waals surface area contributed by atoms with E-state index < -0.39 is 17.7 Å². The summed E-state index contributed by atoms with van der Waals surface area (Å²) in [6.45, 7) is 6.91. The van der Waals surface area contributed by atoms with E-state index >= 15 is 0 Å². The zero-order valence-electron chi connectivity index (χ0n) is 22.2. The molecule has 0 spiro atoms. The van der Waals surface area contributed by atoms with Crippen LogP contribution in [-0.2, 0) is 16.0 Å². The monoisotopic (exact) mass is 515 g/mol. The molecule has 0 bridgehead atoms. The highest BCUT2D eigenvalue weighted by Gasteiger charge is 2.47. The Morgan fingerprint density at radius 1 is 0.895 bits per heavy atom. The summed E-state index contributed by atoms with van der Waals surface area (Å²) in [4.78, 5) is 28.3. The van der Waals surface area contributed by atoms with Gasteiger partial charge in [0.2, 0.25) is 0 Å². The largest absolute Gasteiger partial charge is 0.507 e. The summed E-state index contributed by atoms with van der Waals surface area (Å²) in [7, 11) is 1.55. The molecule has 4 rings (SSSR count). The van der Waals surface area contributed by atoms with E-state index in [1.807, 2.05) is 45.0 Å². The smallest absolute Gasteiger partial charge is 0.300 e. The first kappa shape index (κ1) is 26.8. The van der Waals surface area contributed by atoms with Crippen LogP contribution in [0.25, 0.3) is 5.76 Å². The predicted octanol–water partition coefficient (Wildman–Crippen LogP) is 6.07. The number of aliphatic hydroxyl groups is 1. The molecular weight excluding hydrogens is 482 g/mol. The van der Waals surface area contributed by atoms with Crippen LogP contribution < -0.4 is 19.1 Å². The normalized spacial score (nSPS) is 16.5. The van der Waals surface area contributed by atoms with Crippen LogP contribution in [0, 0.1) is 0 Å². The molecule has 38 heavy (non-hydrogen) atoms. The molecule has 1 amide bonds. The van der Waals surface area contributed by atoms with Gasteiger partial charge < -0.3 is 19.3 Å². The molecule has 7 heteroatoms. The quantitative estimate of drug-likeness (QED) is 0.200. The Labute approximate surface area is 223 Å². The van der Waals surface area contributed by atoms with E-state index in [-0.39, 0.29) is 11.3 Å². The molecule has 0 saturated carbocycles. The molecule has 0 radical (unpaired) electrons. The molecular formula is C31H33NO6. The fraction of sp³-hybridized carbons (Fsp3) is 0.290. The SMILES string of the molecule is CCCOc1ccc(/C(O)=C2/C(=O)C(=O)N(c3ccc(CC)cc3)C2c2ccc(OC)c(OCC)c2)cc1. The Hall–Kier alpha value is -4.26. The number of rotatable bonds is 10. The van der Waals surface area contributed by atoms with E-state index in [2.05, 4.69) is 0 Å². The summed E-state index contributed by atoms with van der Waals surface area (Å²) in [5, 5.41) is 11.4. The van der Waals surface area contributed by atoms with E-state index in [0.29, 0.717) is 47.3 Å². The van der Waals surface area contributed by atoms with Crippen molar-refractivity contribution in [1.29, 1.82) is 0 Å². The molecule has 0 aliphatic carbocycles. The first-order valence-corrected chi connectivity index (χ1v) is 12.9. The number of benzene rings is 3. The van der Waals surface area contributed by atoms with Gasteiger partial charge in [-0.1, -0.05) is 32.0 Å². The number of carbonyl (C=O) groups excluding carboxylic acids is 2. The van der Waals surface area contributed by atoms with Crippen molar-refractivity contribution in [2.45, 2.75) is 39.7 Å². The molecule has 1 unspecified atom stereocenters. The van der Waals surface area contributed by atoms with Gasteiger partial charge >= 0.3 is 0 Å². The maximum atomic E-state index is 13.5. The standard InChI is InChI=1S/C31H33NO6/c1-5-18-38-24-15-10-21(11-16-24)29(33)27-28(22-12-17-25(36-4)26(19-22)37-7-3)32(31(35)30(27)34)23-13-8-20(6-2)9-14-23/h8-17,19,28,33H,5-7,18H2,1-4H3/b29-27-. The molecule has 198 valence electrons. The minimum atomic E-state index is -0.872. The van der Waals surface area contributed by atoms with Crippen molar-refractivity contribution >= 4 is 23.1 Å². The number of hydrogen-bond acceptors (Lipinski definition) is 6. The van der Waals surface area contributed by atoms with Crippen LogP contribution in [-0.4, -0.2) is 37.1 Å². The molecule has 1 heterocycles. The second kappa shape index (κ2) is 11.9. The lowest BCUT2D eigenvalue weighted by atomic mass is 9.94. The Bertz CT molecular complexity index is 1330.